The van der Waals surface area contributed by atoms with Crippen LogP contribution in [0.15, 0.2) is 48.5 Å². The SMILES string of the molecule is CN(c1ccc(Cl)c(C(=O)N2CCN(Cc3ccccc3)CC2)c1)S(C)(=O)=O. The lowest BCUT2D eigenvalue weighted by Gasteiger charge is -2.35. The van der Waals surface area contributed by atoms with Gasteiger partial charge in [0.25, 0.3) is 5.91 Å². The van der Waals surface area contributed by atoms with E-state index in [9.17, 15) is 13.2 Å². The Morgan fingerprint density at radius 3 is 2.32 bits per heavy atom. The number of halogens is 1. The number of sulfonamides is 1. The third kappa shape index (κ3) is 4.84. The van der Waals surface area contributed by atoms with E-state index in [1.807, 2.05) is 18.2 Å². The molecule has 1 aliphatic heterocycles. The predicted octanol–water partition coefficient (Wildman–Crippen LogP) is 2.69. The van der Waals surface area contributed by atoms with Gasteiger partial charge in [-0.05, 0) is 23.8 Å². The van der Waals surface area contributed by atoms with Gasteiger partial charge >= 0.3 is 0 Å². The lowest BCUT2D eigenvalue weighted by Crippen LogP contribution is -2.48. The summed E-state index contributed by atoms with van der Waals surface area (Å²) in [5.74, 6) is -0.173. The van der Waals surface area contributed by atoms with E-state index in [2.05, 4.69) is 17.0 Å². The van der Waals surface area contributed by atoms with Gasteiger partial charge in [-0.1, -0.05) is 41.9 Å². The number of carbonyl (C=O) groups is 1. The Balaban J connectivity index is 1.68. The molecule has 2 aromatic carbocycles. The van der Waals surface area contributed by atoms with Crippen molar-refractivity contribution in [3.8, 4) is 0 Å². The van der Waals surface area contributed by atoms with Crippen LogP contribution in [0.1, 0.15) is 15.9 Å². The average Bonchev–Trinajstić information content (AvgIpc) is 2.68. The highest BCUT2D eigenvalue weighted by Gasteiger charge is 2.25. The molecule has 1 fully saturated rings. The first-order valence-electron chi connectivity index (χ1n) is 9.05. The van der Waals surface area contributed by atoms with E-state index in [1.165, 1.54) is 12.6 Å². The molecule has 0 aliphatic carbocycles. The Hall–Kier alpha value is -2.09. The maximum Gasteiger partial charge on any atom is 0.255 e. The Labute approximate surface area is 171 Å². The largest absolute Gasteiger partial charge is 0.336 e. The van der Waals surface area contributed by atoms with E-state index in [0.29, 0.717) is 29.4 Å². The van der Waals surface area contributed by atoms with Gasteiger partial charge in [-0.2, -0.15) is 0 Å². The number of benzene rings is 2. The minimum absolute atomic E-state index is 0.173. The molecule has 0 bridgehead atoms. The standard InChI is InChI=1S/C20H24ClN3O3S/c1-22(28(2,26)27)17-8-9-19(21)18(14-17)20(25)24-12-10-23(11-13-24)15-16-6-4-3-5-7-16/h3-9,14H,10-13,15H2,1-2H3. The molecule has 1 aliphatic rings. The molecule has 1 heterocycles. The first-order valence-corrected chi connectivity index (χ1v) is 11.3. The van der Waals surface area contributed by atoms with E-state index in [1.54, 1.807) is 23.1 Å². The average molecular weight is 422 g/mol. The zero-order valence-electron chi connectivity index (χ0n) is 16.0. The summed E-state index contributed by atoms with van der Waals surface area (Å²) in [6, 6.07) is 15.0. The third-order valence-electron chi connectivity index (χ3n) is 4.95. The summed E-state index contributed by atoms with van der Waals surface area (Å²) in [5, 5.41) is 0.322. The molecule has 1 saturated heterocycles. The Bertz CT molecular complexity index is 942. The summed E-state index contributed by atoms with van der Waals surface area (Å²) in [6.45, 7) is 3.63. The number of piperazine rings is 1. The molecule has 0 saturated carbocycles. The molecule has 150 valence electrons. The van der Waals surface area contributed by atoms with E-state index in [-0.39, 0.29) is 5.91 Å². The molecule has 6 nitrogen and oxygen atoms in total. The normalized spacial score (nSPS) is 15.5. The summed E-state index contributed by atoms with van der Waals surface area (Å²) in [4.78, 5) is 17.0. The van der Waals surface area contributed by atoms with Crippen molar-refractivity contribution in [3.05, 3.63) is 64.7 Å². The fourth-order valence-electron chi connectivity index (χ4n) is 3.19. The van der Waals surface area contributed by atoms with Crippen molar-refractivity contribution >= 4 is 33.2 Å². The smallest absolute Gasteiger partial charge is 0.255 e. The molecule has 8 heteroatoms. The molecule has 1 amide bonds. The summed E-state index contributed by atoms with van der Waals surface area (Å²) >= 11 is 6.24. The zero-order valence-corrected chi connectivity index (χ0v) is 17.6. The molecule has 2 aromatic rings. The number of amides is 1. The molecule has 0 atom stereocenters. The van der Waals surface area contributed by atoms with Crippen molar-refractivity contribution in [2.75, 3.05) is 43.8 Å². The maximum atomic E-state index is 13.0. The number of hydrogen-bond donors (Lipinski definition) is 0. The van der Waals surface area contributed by atoms with Crippen LogP contribution in [0, 0.1) is 0 Å². The van der Waals surface area contributed by atoms with Crippen molar-refractivity contribution in [2.24, 2.45) is 0 Å². The topological polar surface area (TPSA) is 60.9 Å². The van der Waals surface area contributed by atoms with E-state index >= 15 is 0 Å². The maximum absolute atomic E-state index is 13.0. The number of hydrogen-bond acceptors (Lipinski definition) is 4. The van der Waals surface area contributed by atoms with E-state index in [0.717, 1.165) is 30.2 Å². The summed E-state index contributed by atoms with van der Waals surface area (Å²) in [5.41, 5.74) is 1.99. The van der Waals surface area contributed by atoms with E-state index in [4.69, 9.17) is 11.6 Å². The second kappa shape index (κ2) is 8.51. The Kier molecular flexibility index (Phi) is 6.27. The molecule has 3 rings (SSSR count). The van der Waals surface area contributed by atoms with Gasteiger partial charge in [-0.15, -0.1) is 0 Å². The van der Waals surface area contributed by atoms with Gasteiger partial charge < -0.3 is 4.90 Å². The number of rotatable bonds is 5. The van der Waals surface area contributed by atoms with Crippen LogP contribution in [-0.4, -0.2) is 63.6 Å². The summed E-state index contributed by atoms with van der Waals surface area (Å²) in [6.07, 6.45) is 1.12. The fraction of sp³-hybridized carbons (Fsp3) is 0.350. The highest BCUT2D eigenvalue weighted by atomic mass is 35.5. The molecule has 0 spiro atoms. The van der Waals surface area contributed by atoms with Gasteiger partial charge in [-0.25, -0.2) is 8.42 Å². The molecule has 0 N–H and O–H groups in total. The van der Waals surface area contributed by atoms with E-state index < -0.39 is 10.0 Å². The molecule has 28 heavy (non-hydrogen) atoms. The van der Waals surface area contributed by atoms with Crippen molar-refractivity contribution in [2.45, 2.75) is 6.54 Å². The van der Waals surface area contributed by atoms with Gasteiger partial charge in [0.1, 0.15) is 0 Å². The van der Waals surface area contributed by atoms with Gasteiger partial charge in [-0.3, -0.25) is 14.0 Å². The Morgan fingerprint density at radius 1 is 1.07 bits per heavy atom. The van der Waals surface area contributed by atoms with Gasteiger partial charge in [0.2, 0.25) is 10.0 Å². The molecule has 0 unspecified atom stereocenters. The quantitative estimate of drug-likeness (QED) is 0.744. The van der Waals surface area contributed by atoms with Crippen molar-refractivity contribution in [1.82, 2.24) is 9.80 Å². The number of carbonyl (C=O) groups excluding carboxylic acids is 1. The van der Waals surface area contributed by atoms with Gasteiger partial charge in [0.15, 0.2) is 0 Å². The minimum atomic E-state index is -3.41. The van der Waals surface area contributed by atoms with Crippen LogP contribution in [0.25, 0.3) is 0 Å². The highest BCUT2D eigenvalue weighted by molar-refractivity contribution is 7.92. The van der Waals surface area contributed by atoms with Gasteiger partial charge in [0, 0.05) is 39.8 Å². The lowest BCUT2D eigenvalue weighted by molar-refractivity contribution is 0.0628. The zero-order chi connectivity index (χ0) is 20.3. The predicted molar refractivity (Wildman–Crippen MR) is 112 cm³/mol. The summed E-state index contributed by atoms with van der Waals surface area (Å²) < 4.78 is 24.7. The third-order valence-corrected chi connectivity index (χ3v) is 6.49. The molecule has 0 aromatic heterocycles. The van der Waals surface area contributed by atoms with Crippen LogP contribution in [0.4, 0.5) is 5.69 Å². The highest BCUT2D eigenvalue weighted by Crippen LogP contribution is 2.25. The first-order chi connectivity index (χ1) is 13.3. The van der Waals surface area contributed by atoms with Crippen LogP contribution in [0.5, 0.6) is 0 Å². The molecular weight excluding hydrogens is 398 g/mol. The number of nitrogens with zero attached hydrogens (tertiary/aromatic N) is 3. The van der Waals surface area contributed by atoms with Crippen LogP contribution in [0.3, 0.4) is 0 Å². The summed E-state index contributed by atoms with van der Waals surface area (Å²) in [7, 11) is -1.96. The van der Waals surface area contributed by atoms with Crippen LogP contribution < -0.4 is 4.31 Å². The van der Waals surface area contributed by atoms with Gasteiger partial charge in [0.05, 0.1) is 22.5 Å². The fourth-order valence-corrected chi connectivity index (χ4v) is 3.88. The van der Waals surface area contributed by atoms with Crippen LogP contribution in [-0.2, 0) is 16.6 Å². The first kappa shape index (κ1) is 20.6. The van der Waals surface area contributed by atoms with Crippen LogP contribution >= 0.6 is 11.6 Å². The van der Waals surface area contributed by atoms with Crippen molar-refractivity contribution < 1.29 is 13.2 Å². The molecular formula is C20H24ClN3O3S. The minimum Gasteiger partial charge on any atom is -0.336 e. The lowest BCUT2D eigenvalue weighted by atomic mass is 10.1. The van der Waals surface area contributed by atoms with Crippen molar-refractivity contribution in [1.29, 1.82) is 0 Å². The second-order valence-electron chi connectivity index (χ2n) is 6.95. The Morgan fingerprint density at radius 2 is 1.71 bits per heavy atom. The van der Waals surface area contributed by atoms with Crippen molar-refractivity contribution in [3.63, 3.8) is 0 Å². The van der Waals surface area contributed by atoms with Crippen LogP contribution in [0.2, 0.25) is 5.02 Å². The second-order valence-corrected chi connectivity index (χ2v) is 9.37. The number of anilines is 1. The monoisotopic (exact) mass is 421 g/mol. The molecule has 0 radical (unpaired) electrons.